The van der Waals surface area contributed by atoms with Crippen LogP contribution in [0.2, 0.25) is 0 Å². The molecular formula is C12H10F5N3OS2. The number of nitrogens with zero attached hydrogens (tertiary/aromatic N) is 2. The number of hydrogen-bond acceptors (Lipinski definition) is 6. The van der Waals surface area contributed by atoms with Crippen LogP contribution in [0, 0.1) is 0 Å². The molecule has 0 atom stereocenters. The van der Waals surface area contributed by atoms with Crippen LogP contribution in [0.15, 0.2) is 28.6 Å². The van der Waals surface area contributed by atoms with Crippen LogP contribution in [0.1, 0.15) is 5.56 Å². The lowest BCUT2D eigenvalue weighted by Gasteiger charge is -2.06. The van der Waals surface area contributed by atoms with Crippen molar-refractivity contribution in [1.29, 1.82) is 0 Å². The van der Waals surface area contributed by atoms with E-state index in [1.807, 2.05) is 0 Å². The molecule has 1 N–H and O–H groups in total. The first-order valence-electron chi connectivity index (χ1n) is 6.12. The molecule has 0 amide bonds. The standard InChI is InChI=1S/C12H10F5N3OS2/c13-9(14)21-8-3-1-2-7(4-8)5-22-11-20-19-10(23-11)18-6-12(15,16)17/h1-4,9H,5-6H2,(H,18,19). The molecule has 2 aromatic rings. The van der Waals surface area contributed by atoms with Crippen molar-refractivity contribution in [2.45, 2.75) is 22.9 Å². The van der Waals surface area contributed by atoms with Gasteiger partial charge in [0.25, 0.3) is 0 Å². The van der Waals surface area contributed by atoms with Crippen molar-refractivity contribution < 1.29 is 26.7 Å². The molecular weight excluding hydrogens is 361 g/mol. The van der Waals surface area contributed by atoms with Gasteiger partial charge < -0.3 is 10.1 Å². The van der Waals surface area contributed by atoms with Gasteiger partial charge in [-0.15, -0.1) is 10.2 Å². The molecule has 0 aliphatic rings. The van der Waals surface area contributed by atoms with Crippen molar-refractivity contribution in [1.82, 2.24) is 10.2 Å². The first-order chi connectivity index (χ1) is 10.8. The number of aromatic nitrogens is 2. The minimum absolute atomic E-state index is 0.0443. The number of nitrogens with one attached hydrogen (secondary N) is 1. The third-order valence-corrected chi connectivity index (χ3v) is 4.42. The summed E-state index contributed by atoms with van der Waals surface area (Å²) in [6, 6.07) is 6.16. The Bertz CT molecular complexity index is 635. The van der Waals surface area contributed by atoms with Gasteiger partial charge >= 0.3 is 12.8 Å². The molecule has 126 valence electrons. The number of alkyl halides is 5. The van der Waals surface area contributed by atoms with E-state index in [2.05, 4.69) is 20.3 Å². The van der Waals surface area contributed by atoms with Gasteiger partial charge in [0.15, 0.2) is 4.34 Å². The van der Waals surface area contributed by atoms with Crippen LogP contribution in [0.4, 0.5) is 27.1 Å². The topological polar surface area (TPSA) is 47.0 Å². The molecule has 11 heteroatoms. The summed E-state index contributed by atoms with van der Waals surface area (Å²) in [6.45, 7) is -4.08. The van der Waals surface area contributed by atoms with Crippen molar-refractivity contribution in [2.75, 3.05) is 11.9 Å². The zero-order valence-corrected chi connectivity index (χ0v) is 12.9. The summed E-state index contributed by atoms with van der Waals surface area (Å²) in [5, 5.41) is 9.56. The molecule has 0 unspecified atom stereocenters. The Morgan fingerprint density at radius 3 is 2.74 bits per heavy atom. The Morgan fingerprint density at radius 1 is 1.26 bits per heavy atom. The van der Waals surface area contributed by atoms with Crippen LogP contribution in [-0.4, -0.2) is 29.5 Å². The second-order valence-corrected chi connectivity index (χ2v) is 6.36. The molecule has 0 radical (unpaired) electrons. The number of hydrogen-bond donors (Lipinski definition) is 1. The highest BCUT2D eigenvalue weighted by Crippen LogP contribution is 2.30. The minimum atomic E-state index is -4.33. The normalized spacial score (nSPS) is 11.7. The Balaban J connectivity index is 1.87. The average Bonchev–Trinajstić information content (AvgIpc) is 2.90. The SMILES string of the molecule is FC(F)Oc1cccc(CSc2nnc(NCC(F)(F)F)s2)c1. The highest BCUT2D eigenvalue weighted by atomic mass is 32.2. The second kappa shape index (κ2) is 7.77. The fourth-order valence-electron chi connectivity index (χ4n) is 1.47. The van der Waals surface area contributed by atoms with Gasteiger partial charge in [-0.3, -0.25) is 0 Å². The summed E-state index contributed by atoms with van der Waals surface area (Å²) in [4.78, 5) is 0. The van der Waals surface area contributed by atoms with E-state index in [1.54, 1.807) is 12.1 Å². The summed E-state index contributed by atoms with van der Waals surface area (Å²) in [5.41, 5.74) is 0.716. The Labute approximate surface area is 136 Å². The summed E-state index contributed by atoms with van der Waals surface area (Å²) < 4.78 is 65.2. The van der Waals surface area contributed by atoms with Crippen LogP contribution in [-0.2, 0) is 5.75 Å². The third-order valence-electron chi connectivity index (χ3n) is 2.33. The van der Waals surface area contributed by atoms with Crippen molar-refractivity contribution >= 4 is 28.2 Å². The maximum Gasteiger partial charge on any atom is 0.405 e. The van der Waals surface area contributed by atoms with Crippen LogP contribution < -0.4 is 10.1 Å². The average molecular weight is 371 g/mol. The molecule has 1 aromatic heterocycles. The number of benzene rings is 1. The van der Waals surface area contributed by atoms with Gasteiger partial charge in [0, 0.05) is 5.75 Å². The molecule has 0 bridgehead atoms. The van der Waals surface area contributed by atoms with E-state index in [0.29, 0.717) is 15.7 Å². The van der Waals surface area contributed by atoms with Gasteiger partial charge in [0.05, 0.1) is 0 Å². The molecule has 0 fully saturated rings. The van der Waals surface area contributed by atoms with Crippen LogP contribution in [0.25, 0.3) is 0 Å². The highest BCUT2D eigenvalue weighted by molar-refractivity contribution is 8.00. The van der Waals surface area contributed by atoms with Gasteiger partial charge in [-0.1, -0.05) is 35.2 Å². The lowest BCUT2D eigenvalue weighted by atomic mass is 10.2. The second-order valence-electron chi connectivity index (χ2n) is 4.16. The summed E-state index contributed by atoms with van der Waals surface area (Å²) >= 11 is 2.22. The fourth-order valence-corrected chi connectivity index (χ4v) is 3.16. The highest BCUT2D eigenvalue weighted by Gasteiger charge is 2.27. The van der Waals surface area contributed by atoms with Crippen molar-refractivity contribution in [3.8, 4) is 5.75 Å². The predicted octanol–water partition coefficient (Wildman–Crippen LogP) is 4.41. The molecule has 0 aliphatic heterocycles. The molecule has 0 saturated carbocycles. The lowest BCUT2D eigenvalue weighted by molar-refractivity contribution is -0.115. The summed E-state index contributed by atoms with van der Waals surface area (Å²) in [7, 11) is 0. The first kappa shape index (κ1) is 17.7. The Kier molecular flexibility index (Phi) is 5.99. The molecule has 4 nitrogen and oxygen atoms in total. The summed E-state index contributed by atoms with van der Waals surface area (Å²) in [6.07, 6.45) is -4.33. The van der Waals surface area contributed by atoms with Gasteiger partial charge in [-0.2, -0.15) is 22.0 Å². The van der Waals surface area contributed by atoms with E-state index in [-0.39, 0.29) is 10.9 Å². The van der Waals surface area contributed by atoms with E-state index in [1.165, 1.54) is 23.9 Å². The van der Waals surface area contributed by atoms with Gasteiger partial charge in [-0.05, 0) is 17.7 Å². The molecule has 0 aliphatic carbocycles. The maximum absolute atomic E-state index is 12.1. The van der Waals surface area contributed by atoms with E-state index < -0.39 is 19.3 Å². The van der Waals surface area contributed by atoms with Crippen molar-refractivity contribution in [3.05, 3.63) is 29.8 Å². The molecule has 2 rings (SSSR count). The molecule has 1 heterocycles. The Morgan fingerprint density at radius 2 is 2.04 bits per heavy atom. The van der Waals surface area contributed by atoms with E-state index in [0.717, 1.165) is 11.3 Å². The van der Waals surface area contributed by atoms with Gasteiger partial charge in [0.1, 0.15) is 12.3 Å². The maximum atomic E-state index is 12.1. The number of ether oxygens (including phenoxy) is 1. The van der Waals surface area contributed by atoms with Gasteiger partial charge in [0.2, 0.25) is 5.13 Å². The first-order valence-corrected chi connectivity index (χ1v) is 7.93. The third kappa shape index (κ3) is 6.57. The number of rotatable bonds is 7. The fraction of sp³-hybridized carbons (Fsp3) is 0.333. The van der Waals surface area contributed by atoms with E-state index in [4.69, 9.17) is 0 Å². The minimum Gasteiger partial charge on any atom is -0.435 e. The van der Waals surface area contributed by atoms with E-state index >= 15 is 0 Å². The van der Waals surface area contributed by atoms with E-state index in [9.17, 15) is 22.0 Å². The largest absolute Gasteiger partial charge is 0.435 e. The summed E-state index contributed by atoms with van der Waals surface area (Å²) in [5.74, 6) is 0.442. The van der Waals surface area contributed by atoms with Crippen LogP contribution >= 0.6 is 23.1 Å². The lowest BCUT2D eigenvalue weighted by Crippen LogP contribution is -2.21. The van der Waals surface area contributed by atoms with Crippen LogP contribution in [0.3, 0.4) is 0 Å². The Hall–Kier alpha value is -1.62. The molecule has 0 spiro atoms. The predicted molar refractivity (Wildman–Crippen MR) is 77.1 cm³/mol. The number of thioether (sulfide) groups is 1. The van der Waals surface area contributed by atoms with Gasteiger partial charge in [-0.25, -0.2) is 0 Å². The molecule has 0 saturated heterocycles. The van der Waals surface area contributed by atoms with Crippen molar-refractivity contribution in [2.24, 2.45) is 0 Å². The quantitative estimate of drug-likeness (QED) is 0.577. The molecule has 23 heavy (non-hydrogen) atoms. The molecule has 1 aromatic carbocycles. The van der Waals surface area contributed by atoms with Crippen LogP contribution in [0.5, 0.6) is 5.75 Å². The smallest absolute Gasteiger partial charge is 0.405 e. The number of halogens is 5. The number of anilines is 1. The van der Waals surface area contributed by atoms with Crippen molar-refractivity contribution in [3.63, 3.8) is 0 Å². The zero-order valence-electron chi connectivity index (χ0n) is 11.3. The zero-order chi connectivity index (χ0) is 16.9. The monoisotopic (exact) mass is 371 g/mol.